The zero-order valence-corrected chi connectivity index (χ0v) is 13.7. The zero-order chi connectivity index (χ0) is 17.4. The van der Waals surface area contributed by atoms with Gasteiger partial charge in [-0.1, -0.05) is 36.3 Å². The first kappa shape index (κ1) is 17.7. The summed E-state index contributed by atoms with van der Waals surface area (Å²) < 4.78 is 1.64. The van der Waals surface area contributed by atoms with Gasteiger partial charge in [0.15, 0.2) is 5.69 Å². The summed E-state index contributed by atoms with van der Waals surface area (Å²) in [4.78, 5) is 22.6. The van der Waals surface area contributed by atoms with Crippen LogP contribution in [0.5, 0.6) is 0 Å². The van der Waals surface area contributed by atoms with Crippen molar-refractivity contribution in [1.29, 1.82) is 0 Å². The molecule has 7 heteroatoms. The molecule has 1 amide bonds. The summed E-state index contributed by atoms with van der Waals surface area (Å²) in [5.41, 5.74) is 1.88. The molecule has 24 heavy (non-hydrogen) atoms. The fourth-order valence-electron chi connectivity index (χ4n) is 2.39. The van der Waals surface area contributed by atoms with E-state index in [4.69, 9.17) is 5.11 Å². The summed E-state index contributed by atoms with van der Waals surface area (Å²) >= 11 is 0. The smallest absolute Gasteiger partial charge is 0.303 e. The largest absolute Gasteiger partial charge is 0.481 e. The first-order valence-corrected chi connectivity index (χ1v) is 8.07. The van der Waals surface area contributed by atoms with E-state index in [2.05, 4.69) is 15.6 Å². The van der Waals surface area contributed by atoms with Gasteiger partial charge in [0.25, 0.3) is 5.91 Å². The number of benzene rings is 1. The summed E-state index contributed by atoms with van der Waals surface area (Å²) in [6.07, 6.45) is 3.44. The average Bonchev–Trinajstić information content (AvgIpc) is 2.96. The van der Waals surface area contributed by atoms with E-state index < -0.39 is 5.97 Å². The van der Waals surface area contributed by atoms with Gasteiger partial charge in [0.05, 0.1) is 11.4 Å². The van der Waals surface area contributed by atoms with Gasteiger partial charge >= 0.3 is 5.97 Å². The molecule has 0 aliphatic heterocycles. The molecule has 0 spiro atoms. The highest BCUT2D eigenvalue weighted by molar-refractivity contribution is 5.93. The Morgan fingerprint density at radius 1 is 1.12 bits per heavy atom. The van der Waals surface area contributed by atoms with Crippen LogP contribution < -0.4 is 5.32 Å². The number of aliphatic carboxylic acids is 1. The summed E-state index contributed by atoms with van der Waals surface area (Å²) in [7, 11) is 0. The summed E-state index contributed by atoms with van der Waals surface area (Å²) in [5, 5.41) is 19.4. The third-order valence-corrected chi connectivity index (χ3v) is 3.71. The summed E-state index contributed by atoms with van der Waals surface area (Å²) in [5.74, 6) is -1.000. The lowest BCUT2D eigenvalue weighted by Gasteiger charge is -2.05. The molecule has 0 aliphatic carbocycles. The number of carboxylic acid groups (broad SMARTS) is 1. The van der Waals surface area contributed by atoms with E-state index in [0.29, 0.717) is 24.4 Å². The van der Waals surface area contributed by atoms with Gasteiger partial charge in [-0.05, 0) is 31.9 Å². The minimum Gasteiger partial charge on any atom is -0.481 e. The van der Waals surface area contributed by atoms with Crippen molar-refractivity contribution in [2.24, 2.45) is 0 Å². The van der Waals surface area contributed by atoms with Crippen LogP contribution in [0.3, 0.4) is 0 Å². The summed E-state index contributed by atoms with van der Waals surface area (Å²) in [6.45, 7) is 2.36. The number of unbranched alkanes of at least 4 members (excludes halogenated alkanes) is 3. The van der Waals surface area contributed by atoms with E-state index in [1.165, 1.54) is 0 Å². The average molecular weight is 330 g/mol. The van der Waals surface area contributed by atoms with Gasteiger partial charge in [0, 0.05) is 13.0 Å². The van der Waals surface area contributed by atoms with Crippen LogP contribution in [0.15, 0.2) is 30.3 Å². The SMILES string of the molecule is Cc1c(C(=O)NCCCCCCC(=O)O)nnn1-c1ccccc1. The molecule has 128 valence electrons. The van der Waals surface area contributed by atoms with E-state index in [1.54, 1.807) is 4.68 Å². The van der Waals surface area contributed by atoms with E-state index in [-0.39, 0.29) is 12.3 Å². The molecular weight excluding hydrogens is 308 g/mol. The standard InChI is InChI=1S/C17H22N4O3/c1-13-16(19-20-21(13)14-9-5-4-6-10-14)17(24)18-12-8-3-2-7-11-15(22)23/h4-6,9-10H,2-3,7-8,11-12H2,1H3,(H,18,24)(H,22,23). The number of rotatable bonds is 9. The molecule has 1 aromatic carbocycles. The van der Waals surface area contributed by atoms with Gasteiger partial charge in [0.1, 0.15) is 0 Å². The molecular formula is C17H22N4O3. The Hall–Kier alpha value is -2.70. The molecule has 1 aromatic heterocycles. The van der Waals surface area contributed by atoms with Gasteiger partial charge in [0.2, 0.25) is 0 Å². The van der Waals surface area contributed by atoms with Crippen LogP contribution in [0.25, 0.3) is 5.69 Å². The molecule has 0 saturated heterocycles. The number of amides is 1. The minimum atomic E-state index is -0.764. The molecule has 2 aromatic rings. The van der Waals surface area contributed by atoms with Crippen LogP contribution >= 0.6 is 0 Å². The van der Waals surface area contributed by atoms with Gasteiger partial charge in [-0.15, -0.1) is 5.10 Å². The maximum Gasteiger partial charge on any atom is 0.303 e. The van der Waals surface area contributed by atoms with Gasteiger partial charge < -0.3 is 10.4 Å². The molecule has 0 aliphatic rings. The fraction of sp³-hybridized carbons (Fsp3) is 0.412. The third kappa shape index (κ3) is 4.91. The van der Waals surface area contributed by atoms with Gasteiger partial charge in [-0.25, -0.2) is 4.68 Å². The monoisotopic (exact) mass is 330 g/mol. The number of para-hydroxylation sites is 1. The number of hydrogen-bond acceptors (Lipinski definition) is 4. The lowest BCUT2D eigenvalue weighted by Crippen LogP contribution is -2.25. The van der Waals surface area contributed by atoms with Crippen LogP contribution in [-0.2, 0) is 4.79 Å². The fourth-order valence-corrected chi connectivity index (χ4v) is 2.39. The highest BCUT2D eigenvalue weighted by Gasteiger charge is 2.16. The van der Waals surface area contributed by atoms with Crippen molar-refractivity contribution in [2.45, 2.75) is 39.0 Å². The molecule has 0 fully saturated rings. The maximum atomic E-state index is 12.2. The predicted octanol–water partition coefficient (Wildman–Crippen LogP) is 2.34. The highest BCUT2D eigenvalue weighted by Crippen LogP contribution is 2.11. The zero-order valence-electron chi connectivity index (χ0n) is 13.7. The van der Waals surface area contributed by atoms with Crippen molar-refractivity contribution < 1.29 is 14.7 Å². The number of hydrogen-bond donors (Lipinski definition) is 2. The van der Waals surface area contributed by atoms with Crippen molar-refractivity contribution in [3.8, 4) is 5.69 Å². The first-order valence-electron chi connectivity index (χ1n) is 8.07. The van der Waals surface area contributed by atoms with Crippen LogP contribution in [0.4, 0.5) is 0 Å². The number of carbonyl (C=O) groups excluding carboxylic acids is 1. The van der Waals surface area contributed by atoms with E-state index in [9.17, 15) is 9.59 Å². The molecule has 0 saturated carbocycles. The number of carboxylic acids is 1. The van der Waals surface area contributed by atoms with Crippen LogP contribution in [0, 0.1) is 6.92 Å². The van der Waals surface area contributed by atoms with Crippen molar-refractivity contribution in [1.82, 2.24) is 20.3 Å². The molecule has 0 atom stereocenters. The highest BCUT2D eigenvalue weighted by atomic mass is 16.4. The number of aromatic nitrogens is 3. The Bertz CT molecular complexity index is 682. The second kappa shape index (κ2) is 8.81. The van der Waals surface area contributed by atoms with Crippen LogP contribution in [0.1, 0.15) is 48.3 Å². The Balaban J connectivity index is 1.79. The Morgan fingerprint density at radius 2 is 1.83 bits per heavy atom. The molecule has 2 rings (SSSR count). The summed E-state index contributed by atoms with van der Waals surface area (Å²) in [6, 6.07) is 9.53. The maximum absolute atomic E-state index is 12.2. The number of nitrogens with one attached hydrogen (secondary N) is 1. The second-order valence-corrected chi connectivity index (χ2v) is 5.58. The van der Waals surface area contributed by atoms with Gasteiger partial charge in [-0.3, -0.25) is 9.59 Å². The molecule has 7 nitrogen and oxygen atoms in total. The van der Waals surface area contributed by atoms with Crippen LogP contribution in [0.2, 0.25) is 0 Å². The lowest BCUT2D eigenvalue weighted by atomic mass is 10.1. The predicted molar refractivity (Wildman–Crippen MR) is 89.2 cm³/mol. The molecule has 1 heterocycles. The number of nitrogens with zero attached hydrogens (tertiary/aromatic N) is 3. The molecule has 0 unspecified atom stereocenters. The minimum absolute atomic E-state index is 0.203. The van der Waals surface area contributed by atoms with Crippen molar-refractivity contribution in [2.75, 3.05) is 6.54 Å². The quantitative estimate of drug-likeness (QED) is 0.688. The third-order valence-electron chi connectivity index (χ3n) is 3.71. The Labute approximate surface area is 140 Å². The Kier molecular flexibility index (Phi) is 6.48. The topological polar surface area (TPSA) is 97.1 Å². The van der Waals surface area contributed by atoms with Crippen molar-refractivity contribution in [3.05, 3.63) is 41.7 Å². The van der Waals surface area contributed by atoms with E-state index in [1.807, 2.05) is 37.3 Å². The second-order valence-electron chi connectivity index (χ2n) is 5.58. The lowest BCUT2D eigenvalue weighted by molar-refractivity contribution is -0.137. The van der Waals surface area contributed by atoms with Gasteiger partial charge in [-0.2, -0.15) is 0 Å². The van der Waals surface area contributed by atoms with Crippen molar-refractivity contribution >= 4 is 11.9 Å². The van der Waals surface area contributed by atoms with Crippen LogP contribution in [-0.4, -0.2) is 38.5 Å². The first-order chi connectivity index (χ1) is 11.6. The van der Waals surface area contributed by atoms with E-state index in [0.717, 1.165) is 24.9 Å². The molecule has 0 bridgehead atoms. The van der Waals surface area contributed by atoms with Crippen molar-refractivity contribution in [3.63, 3.8) is 0 Å². The van der Waals surface area contributed by atoms with E-state index >= 15 is 0 Å². The molecule has 2 N–H and O–H groups in total. The Morgan fingerprint density at radius 3 is 2.54 bits per heavy atom. The number of carbonyl (C=O) groups is 2. The molecule has 0 radical (unpaired) electrons. The normalized spacial score (nSPS) is 10.5.